The molecule has 0 unspecified atom stereocenters. The predicted octanol–water partition coefficient (Wildman–Crippen LogP) is 2.17. The number of carbonyl (C=O) groups is 1. The van der Waals surface area contributed by atoms with Crippen molar-refractivity contribution in [1.82, 2.24) is 15.1 Å². The third-order valence-electron chi connectivity index (χ3n) is 6.06. The second-order valence-corrected chi connectivity index (χ2v) is 7.87. The first-order valence-corrected chi connectivity index (χ1v) is 10.5. The van der Waals surface area contributed by atoms with Gasteiger partial charge in [-0.05, 0) is 37.8 Å². The monoisotopic (exact) mass is 386 g/mol. The number of ether oxygens (including phenoxy) is 1. The van der Waals surface area contributed by atoms with Crippen molar-refractivity contribution < 1.29 is 9.53 Å². The lowest BCUT2D eigenvalue weighted by molar-refractivity contribution is -0.130. The van der Waals surface area contributed by atoms with Crippen molar-refractivity contribution >= 4 is 11.9 Å². The molecule has 3 rings (SSSR count). The van der Waals surface area contributed by atoms with Gasteiger partial charge in [0.05, 0.1) is 6.54 Å². The van der Waals surface area contributed by atoms with Crippen LogP contribution in [0.1, 0.15) is 37.8 Å². The second-order valence-electron chi connectivity index (χ2n) is 7.87. The number of aliphatic imine (C=N–C) groups is 1. The summed E-state index contributed by atoms with van der Waals surface area (Å²) in [5, 5.41) is 3.46. The zero-order valence-corrected chi connectivity index (χ0v) is 17.5. The number of hydrogen-bond donors (Lipinski definition) is 1. The molecule has 1 aromatic carbocycles. The molecule has 2 saturated heterocycles. The van der Waals surface area contributed by atoms with Crippen LogP contribution in [0.4, 0.5) is 0 Å². The van der Waals surface area contributed by atoms with Crippen LogP contribution in [0.3, 0.4) is 0 Å². The van der Waals surface area contributed by atoms with E-state index in [4.69, 9.17) is 9.73 Å². The van der Waals surface area contributed by atoms with Crippen LogP contribution >= 0.6 is 0 Å². The van der Waals surface area contributed by atoms with Crippen molar-refractivity contribution in [2.75, 3.05) is 52.5 Å². The van der Waals surface area contributed by atoms with Crippen molar-refractivity contribution in [2.24, 2.45) is 4.99 Å². The average molecular weight is 387 g/mol. The maximum absolute atomic E-state index is 11.6. The fraction of sp³-hybridized carbons (Fsp3) is 0.636. The largest absolute Gasteiger partial charge is 0.381 e. The van der Waals surface area contributed by atoms with E-state index in [1.54, 1.807) is 6.92 Å². The molecule has 1 N–H and O–H groups in total. The van der Waals surface area contributed by atoms with Crippen molar-refractivity contribution in [3.8, 4) is 0 Å². The van der Waals surface area contributed by atoms with E-state index in [0.717, 1.165) is 71.3 Å². The number of aryl methyl sites for hydroxylation is 1. The van der Waals surface area contributed by atoms with Gasteiger partial charge in [0, 0.05) is 58.3 Å². The van der Waals surface area contributed by atoms with Crippen LogP contribution in [0.2, 0.25) is 0 Å². The normalized spacial score (nSPS) is 20.2. The number of nitrogens with zero attached hydrogens (tertiary/aromatic N) is 3. The van der Waals surface area contributed by atoms with E-state index >= 15 is 0 Å². The van der Waals surface area contributed by atoms with E-state index in [2.05, 4.69) is 48.3 Å². The Morgan fingerprint density at radius 1 is 1.14 bits per heavy atom. The van der Waals surface area contributed by atoms with Gasteiger partial charge in [0.25, 0.3) is 0 Å². The summed E-state index contributed by atoms with van der Waals surface area (Å²) in [6, 6.07) is 8.69. The highest BCUT2D eigenvalue weighted by molar-refractivity contribution is 5.80. The van der Waals surface area contributed by atoms with Gasteiger partial charge in [-0.1, -0.05) is 24.3 Å². The van der Waals surface area contributed by atoms with E-state index in [9.17, 15) is 4.79 Å². The summed E-state index contributed by atoms with van der Waals surface area (Å²) < 4.78 is 5.68. The minimum atomic E-state index is 0.0332. The van der Waals surface area contributed by atoms with Crippen molar-refractivity contribution in [3.63, 3.8) is 0 Å². The highest BCUT2D eigenvalue weighted by Crippen LogP contribution is 2.37. The van der Waals surface area contributed by atoms with Crippen molar-refractivity contribution in [1.29, 1.82) is 0 Å². The van der Waals surface area contributed by atoms with Crippen LogP contribution in [0.5, 0.6) is 0 Å². The lowest BCUT2D eigenvalue weighted by atomic mass is 9.72. The SMILES string of the molecule is CCNC(=NCC1(c2ccccc2C)CCOCC1)N1CCN(C(C)=O)CC1. The summed E-state index contributed by atoms with van der Waals surface area (Å²) in [4.78, 5) is 20.9. The van der Waals surface area contributed by atoms with Gasteiger partial charge in [-0.25, -0.2) is 0 Å². The van der Waals surface area contributed by atoms with Gasteiger partial charge in [0.15, 0.2) is 5.96 Å². The molecule has 1 amide bonds. The minimum Gasteiger partial charge on any atom is -0.381 e. The van der Waals surface area contributed by atoms with E-state index in [1.807, 2.05) is 4.90 Å². The summed E-state index contributed by atoms with van der Waals surface area (Å²) in [7, 11) is 0. The number of carbonyl (C=O) groups excluding carboxylic acids is 1. The van der Waals surface area contributed by atoms with E-state index in [-0.39, 0.29) is 11.3 Å². The molecule has 0 spiro atoms. The van der Waals surface area contributed by atoms with Crippen LogP contribution in [-0.4, -0.2) is 74.1 Å². The Morgan fingerprint density at radius 3 is 2.39 bits per heavy atom. The summed E-state index contributed by atoms with van der Waals surface area (Å²) in [6.07, 6.45) is 2.00. The van der Waals surface area contributed by atoms with Crippen LogP contribution in [0.25, 0.3) is 0 Å². The maximum Gasteiger partial charge on any atom is 0.219 e. The molecule has 1 aromatic rings. The van der Waals surface area contributed by atoms with Gasteiger partial charge in [-0.3, -0.25) is 9.79 Å². The average Bonchev–Trinajstić information content (AvgIpc) is 2.72. The van der Waals surface area contributed by atoms with Crippen molar-refractivity contribution in [3.05, 3.63) is 35.4 Å². The molecular weight excluding hydrogens is 352 g/mol. The lowest BCUT2D eigenvalue weighted by Crippen LogP contribution is -2.53. The molecule has 2 fully saturated rings. The first kappa shape index (κ1) is 20.6. The van der Waals surface area contributed by atoms with Crippen LogP contribution in [-0.2, 0) is 14.9 Å². The van der Waals surface area contributed by atoms with Gasteiger partial charge >= 0.3 is 0 Å². The van der Waals surface area contributed by atoms with Gasteiger partial charge in [-0.15, -0.1) is 0 Å². The molecular formula is C22H34N4O2. The minimum absolute atomic E-state index is 0.0332. The number of nitrogens with one attached hydrogen (secondary N) is 1. The predicted molar refractivity (Wildman–Crippen MR) is 113 cm³/mol. The number of hydrogen-bond acceptors (Lipinski definition) is 3. The van der Waals surface area contributed by atoms with Gasteiger partial charge in [0.2, 0.25) is 5.91 Å². The van der Waals surface area contributed by atoms with E-state index in [1.165, 1.54) is 11.1 Å². The summed E-state index contributed by atoms with van der Waals surface area (Å²) in [6.45, 7) is 12.3. The third-order valence-corrected chi connectivity index (χ3v) is 6.06. The lowest BCUT2D eigenvalue weighted by Gasteiger charge is -2.39. The molecule has 2 aliphatic rings. The third kappa shape index (κ3) is 4.66. The van der Waals surface area contributed by atoms with Gasteiger partial charge in [-0.2, -0.15) is 0 Å². The molecule has 0 saturated carbocycles. The topological polar surface area (TPSA) is 57.2 Å². The number of piperazine rings is 1. The zero-order chi connectivity index (χ0) is 20.0. The Hall–Kier alpha value is -2.08. The molecule has 0 atom stereocenters. The maximum atomic E-state index is 11.6. The fourth-order valence-corrected chi connectivity index (χ4v) is 4.33. The quantitative estimate of drug-likeness (QED) is 0.637. The Labute approximate surface area is 168 Å². The molecule has 0 radical (unpaired) electrons. The molecule has 154 valence electrons. The molecule has 6 heteroatoms. The number of guanidine groups is 1. The molecule has 0 aromatic heterocycles. The summed E-state index contributed by atoms with van der Waals surface area (Å²) in [5.41, 5.74) is 2.77. The highest BCUT2D eigenvalue weighted by Gasteiger charge is 2.35. The second kappa shape index (κ2) is 9.41. The van der Waals surface area contributed by atoms with Gasteiger partial charge in [0.1, 0.15) is 0 Å². The van der Waals surface area contributed by atoms with E-state index in [0.29, 0.717) is 0 Å². The molecule has 0 bridgehead atoms. The highest BCUT2D eigenvalue weighted by atomic mass is 16.5. The Balaban J connectivity index is 1.79. The van der Waals surface area contributed by atoms with Gasteiger partial charge < -0.3 is 19.9 Å². The first-order valence-electron chi connectivity index (χ1n) is 10.5. The zero-order valence-electron chi connectivity index (χ0n) is 17.5. The Kier molecular flexibility index (Phi) is 6.94. The molecule has 2 aliphatic heterocycles. The Bertz CT molecular complexity index is 690. The number of rotatable bonds is 4. The summed E-state index contributed by atoms with van der Waals surface area (Å²) in [5.74, 6) is 1.12. The molecule has 6 nitrogen and oxygen atoms in total. The number of amides is 1. The summed E-state index contributed by atoms with van der Waals surface area (Å²) >= 11 is 0. The fourth-order valence-electron chi connectivity index (χ4n) is 4.33. The number of benzene rings is 1. The standard InChI is InChI=1S/C22H34N4O2/c1-4-23-21(26-13-11-25(12-14-26)19(3)27)24-17-22(9-15-28-16-10-22)20-8-6-5-7-18(20)2/h5-8H,4,9-17H2,1-3H3,(H,23,24). The first-order chi connectivity index (χ1) is 13.6. The van der Waals surface area contributed by atoms with Crippen LogP contribution < -0.4 is 5.32 Å². The van der Waals surface area contributed by atoms with Crippen LogP contribution in [0.15, 0.2) is 29.3 Å². The molecule has 0 aliphatic carbocycles. The molecule has 28 heavy (non-hydrogen) atoms. The van der Waals surface area contributed by atoms with Crippen LogP contribution in [0, 0.1) is 6.92 Å². The Morgan fingerprint density at radius 2 is 1.79 bits per heavy atom. The van der Waals surface area contributed by atoms with E-state index < -0.39 is 0 Å². The smallest absolute Gasteiger partial charge is 0.219 e. The van der Waals surface area contributed by atoms with Crippen molar-refractivity contribution in [2.45, 2.75) is 39.0 Å². The molecule has 2 heterocycles.